The Balaban J connectivity index is 0.00000180. The van der Waals surface area contributed by atoms with Crippen LogP contribution in [0.1, 0.15) is 0 Å². The first kappa shape index (κ1) is 15.8. The Kier molecular flexibility index (Phi) is 5.67. The largest absolute Gasteiger partial charge is 0.466 e. The van der Waals surface area contributed by atoms with E-state index in [1.54, 1.807) is 7.11 Å². The fourth-order valence-corrected chi connectivity index (χ4v) is 1.79. The van der Waals surface area contributed by atoms with E-state index in [0.717, 1.165) is 0 Å². The first-order chi connectivity index (χ1) is 8.74. The third kappa shape index (κ3) is 3.21. The summed E-state index contributed by atoms with van der Waals surface area (Å²) < 4.78 is 15.6. The SMILES string of the molecule is COc1nc(OC)nc([N+]2(OC)CCOCC2)n1.Cl. The topological polar surface area (TPSA) is 75.6 Å². The van der Waals surface area contributed by atoms with Crippen molar-refractivity contribution in [1.29, 1.82) is 0 Å². The Labute approximate surface area is 117 Å². The smallest absolute Gasteiger partial charge is 0.371 e. The molecule has 0 bridgehead atoms. The van der Waals surface area contributed by atoms with Crippen LogP contribution in [0.25, 0.3) is 0 Å². The maximum atomic E-state index is 5.56. The number of ether oxygens (including phenoxy) is 3. The molecule has 1 saturated heterocycles. The molecule has 0 unspecified atom stereocenters. The van der Waals surface area contributed by atoms with E-state index >= 15 is 0 Å². The second kappa shape index (κ2) is 6.80. The van der Waals surface area contributed by atoms with Crippen molar-refractivity contribution in [2.45, 2.75) is 0 Å². The van der Waals surface area contributed by atoms with E-state index in [-0.39, 0.29) is 29.1 Å². The van der Waals surface area contributed by atoms with Crippen molar-refractivity contribution < 1.29 is 19.0 Å². The number of hydrogen-bond donors (Lipinski definition) is 0. The number of hydroxylamine groups is 2. The van der Waals surface area contributed by atoms with Gasteiger partial charge in [-0.2, -0.15) is 4.84 Å². The van der Waals surface area contributed by atoms with E-state index in [0.29, 0.717) is 32.3 Å². The summed E-state index contributed by atoms with van der Waals surface area (Å²) in [6, 6.07) is 0.413. The minimum Gasteiger partial charge on any atom is -0.466 e. The fraction of sp³-hybridized carbons (Fsp3) is 0.700. The summed E-state index contributed by atoms with van der Waals surface area (Å²) in [6.07, 6.45) is 0. The van der Waals surface area contributed by atoms with E-state index in [1.807, 2.05) is 0 Å². The van der Waals surface area contributed by atoms with Gasteiger partial charge in [-0.3, -0.25) is 0 Å². The van der Waals surface area contributed by atoms with Crippen molar-refractivity contribution in [2.24, 2.45) is 0 Å². The lowest BCUT2D eigenvalue weighted by Gasteiger charge is -2.33. The molecule has 108 valence electrons. The Bertz CT molecular complexity index is 392. The molecule has 1 aliphatic heterocycles. The molecule has 1 aliphatic rings. The first-order valence-corrected chi connectivity index (χ1v) is 5.59. The van der Waals surface area contributed by atoms with Crippen LogP contribution in [0, 0.1) is 0 Å². The van der Waals surface area contributed by atoms with Gasteiger partial charge in [0.2, 0.25) is 0 Å². The molecule has 19 heavy (non-hydrogen) atoms. The predicted octanol–water partition coefficient (Wildman–Crippen LogP) is 0.209. The van der Waals surface area contributed by atoms with Crippen molar-refractivity contribution in [2.75, 3.05) is 47.6 Å². The van der Waals surface area contributed by atoms with Gasteiger partial charge in [0.1, 0.15) is 13.1 Å². The van der Waals surface area contributed by atoms with Crippen molar-refractivity contribution in [3.63, 3.8) is 0 Å². The van der Waals surface area contributed by atoms with E-state index in [4.69, 9.17) is 19.0 Å². The third-order valence-corrected chi connectivity index (χ3v) is 2.86. The molecule has 1 aromatic rings. The standard InChI is InChI=1S/C10H17N4O4.ClH/c1-15-9-11-8(12-10(13-9)16-2)14(17-3)4-6-18-7-5-14;/h4-7H2,1-3H3;1H/q+1;. The van der Waals surface area contributed by atoms with Crippen molar-refractivity contribution >= 4 is 18.4 Å². The van der Waals surface area contributed by atoms with E-state index < -0.39 is 0 Å². The highest BCUT2D eigenvalue weighted by molar-refractivity contribution is 5.85. The molecule has 0 spiro atoms. The summed E-state index contributed by atoms with van der Waals surface area (Å²) in [7, 11) is 4.61. The Morgan fingerprint density at radius 1 is 0.947 bits per heavy atom. The molecule has 2 heterocycles. The van der Waals surface area contributed by atoms with Gasteiger partial charge in [0.25, 0.3) is 0 Å². The van der Waals surface area contributed by atoms with Crippen LogP contribution in [0.3, 0.4) is 0 Å². The molecule has 1 aromatic heterocycles. The number of hydrogen-bond acceptors (Lipinski definition) is 7. The van der Waals surface area contributed by atoms with E-state index in [9.17, 15) is 0 Å². The molecule has 2 rings (SSSR count). The van der Waals surface area contributed by atoms with Crippen LogP contribution in [-0.2, 0) is 9.57 Å². The highest BCUT2D eigenvalue weighted by Crippen LogP contribution is 2.24. The average molecular weight is 294 g/mol. The molecule has 0 aromatic carbocycles. The van der Waals surface area contributed by atoms with Gasteiger partial charge < -0.3 is 14.2 Å². The molecular weight excluding hydrogens is 276 g/mol. The lowest BCUT2D eigenvalue weighted by molar-refractivity contribution is -0.166. The Morgan fingerprint density at radius 3 is 1.89 bits per heavy atom. The summed E-state index contributed by atoms with van der Waals surface area (Å²) in [5.74, 6) is 0.463. The number of methoxy groups -OCH3 is 2. The Morgan fingerprint density at radius 2 is 1.47 bits per heavy atom. The number of rotatable bonds is 4. The van der Waals surface area contributed by atoms with Crippen LogP contribution < -0.4 is 14.1 Å². The van der Waals surface area contributed by atoms with Crippen LogP contribution in [0.5, 0.6) is 12.0 Å². The molecule has 0 N–H and O–H groups in total. The van der Waals surface area contributed by atoms with Gasteiger partial charge in [-0.1, -0.05) is 0 Å². The Hall–Kier alpha value is -1.22. The summed E-state index contributed by atoms with van der Waals surface area (Å²) in [6.45, 7) is 2.44. The van der Waals surface area contributed by atoms with Gasteiger partial charge in [0.05, 0.1) is 34.5 Å². The second-order valence-corrected chi connectivity index (χ2v) is 3.74. The molecule has 0 saturated carbocycles. The summed E-state index contributed by atoms with van der Waals surface area (Å²) in [5, 5.41) is 0. The maximum Gasteiger partial charge on any atom is 0.371 e. The van der Waals surface area contributed by atoms with E-state index in [2.05, 4.69) is 15.0 Å². The predicted molar refractivity (Wildman–Crippen MR) is 69.5 cm³/mol. The summed E-state index contributed by atoms with van der Waals surface area (Å²) in [5.41, 5.74) is 0. The quantitative estimate of drug-likeness (QED) is 0.735. The highest BCUT2D eigenvalue weighted by atomic mass is 35.5. The van der Waals surface area contributed by atoms with Gasteiger partial charge >= 0.3 is 18.0 Å². The van der Waals surface area contributed by atoms with Gasteiger partial charge in [-0.15, -0.1) is 32.0 Å². The second-order valence-electron chi connectivity index (χ2n) is 3.74. The van der Waals surface area contributed by atoms with Gasteiger partial charge in [0, 0.05) is 0 Å². The van der Waals surface area contributed by atoms with Crippen molar-refractivity contribution in [1.82, 2.24) is 19.6 Å². The molecular formula is C10H18ClN4O4+. The molecule has 0 atom stereocenters. The fourth-order valence-electron chi connectivity index (χ4n) is 1.79. The van der Waals surface area contributed by atoms with Crippen LogP contribution in [0.4, 0.5) is 5.95 Å². The maximum absolute atomic E-state index is 5.56. The van der Waals surface area contributed by atoms with Crippen LogP contribution >= 0.6 is 12.4 Å². The molecule has 0 amide bonds. The number of aromatic nitrogens is 3. The molecule has 9 heteroatoms. The van der Waals surface area contributed by atoms with Crippen LogP contribution in [0.2, 0.25) is 0 Å². The normalized spacial score (nSPS) is 17.4. The van der Waals surface area contributed by atoms with E-state index in [1.165, 1.54) is 14.2 Å². The molecule has 1 fully saturated rings. The van der Waals surface area contributed by atoms with Crippen molar-refractivity contribution in [3.8, 4) is 12.0 Å². The number of quaternary nitrogens is 1. The third-order valence-electron chi connectivity index (χ3n) is 2.86. The lowest BCUT2D eigenvalue weighted by atomic mass is 10.4. The number of morpholine rings is 1. The van der Waals surface area contributed by atoms with Crippen LogP contribution in [-0.4, -0.2) is 62.6 Å². The average Bonchev–Trinajstić information content (AvgIpc) is 2.47. The monoisotopic (exact) mass is 293 g/mol. The van der Waals surface area contributed by atoms with Crippen LogP contribution in [0.15, 0.2) is 0 Å². The zero-order chi connectivity index (χ0) is 13.0. The minimum atomic E-state index is 0. The highest BCUT2D eigenvalue weighted by Gasteiger charge is 2.39. The zero-order valence-electron chi connectivity index (χ0n) is 11.2. The lowest BCUT2D eigenvalue weighted by Crippen LogP contribution is -2.56. The molecule has 0 radical (unpaired) electrons. The van der Waals surface area contributed by atoms with Gasteiger partial charge in [-0.05, 0) is 0 Å². The molecule has 0 aliphatic carbocycles. The van der Waals surface area contributed by atoms with Gasteiger partial charge in [0.15, 0.2) is 0 Å². The number of halogens is 1. The van der Waals surface area contributed by atoms with Crippen molar-refractivity contribution in [3.05, 3.63) is 0 Å². The van der Waals surface area contributed by atoms with Gasteiger partial charge in [-0.25, -0.2) is 0 Å². The minimum absolute atomic E-state index is 0. The zero-order valence-corrected chi connectivity index (χ0v) is 12.0. The summed E-state index contributed by atoms with van der Waals surface area (Å²) in [4.78, 5) is 18.0. The molecule has 8 nitrogen and oxygen atoms in total. The summed E-state index contributed by atoms with van der Waals surface area (Å²) >= 11 is 0. The first-order valence-electron chi connectivity index (χ1n) is 5.59. The number of nitrogens with zero attached hydrogens (tertiary/aromatic N) is 4.